The largest absolute Gasteiger partial charge is 0.337 e. The van der Waals surface area contributed by atoms with Crippen LogP contribution in [0, 0.1) is 6.92 Å². The van der Waals surface area contributed by atoms with Crippen LogP contribution in [0.3, 0.4) is 0 Å². The van der Waals surface area contributed by atoms with Gasteiger partial charge in [0.2, 0.25) is 0 Å². The summed E-state index contributed by atoms with van der Waals surface area (Å²) in [6.45, 7) is 3.37. The highest BCUT2D eigenvalue weighted by molar-refractivity contribution is 5.92. The van der Waals surface area contributed by atoms with E-state index in [-0.39, 0.29) is 11.8 Å². The number of rotatable bonds is 4. The lowest BCUT2D eigenvalue weighted by Gasteiger charge is -2.33. The van der Waals surface area contributed by atoms with Gasteiger partial charge >= 0.3 is 0 Å². The fourth-order valence-corrected chi connectivity index (χ4v) is 3.59. The lowest BCUT2D eigenvalue weighted by atomic mass is 9.91. The molecule has 0 bridgehead atoms. The highest BCUT2D eigenvalue weighted by atomic mass is 16.2. The topological polar surface area (TPSA) is 71.0 Å². The van der Waals surface area contributed by atoms with Crippen molar-refractivity contribution < 1.29 is 4.79 Å². The Labute approximate surface area is 164 Å². The number of likely N-dealkylation sites (tertiary alicyclic amines) is 1. The Bertz CT molecular complexity index is 960. The van der Waals surface area contributed by atoms with Crippen molar-refractivity contribution in [2.24, 2.45) is 0 Å². The summed E-state index contributed by atoms with van der Waals surface area (Å²) < 4.78 is 0. The number of pyridine rings is 3. The summed E-state index contributed by atoms with van der Waals surface area (Å²) in [6.07, 6.45) is 5.59. The van der Waals surface area contributed by atoms with Gasteiger partial charge in [0.05, 0.1) is 0 Å². The van der Waals surface area contributed by atoms with Gasteiger partial charge in [0.1, 0.15) is 17.3 Å². The maximum absolute atomic E-state index is 12.9. The van der Waals surface area contributed by atoms with Gasteiger partial charge in [-0.1, -0.05) is 12.1 Å². The first-order valence-corrected chi connectivity index (χ1v) is 9.56. The average molecular weight is 373 g/mol. The molecule has 1 aliphatic heterocycles. The third-order valence-electron chi connectivity index (χ3n) is 4.99. The number of carbonyl (C=O) groups excluding carboxylic acids is 1. The minimum absolute atomic E-state index is 0.00860. The standard InChI is InChI=1S/C22H23N5O/c1-16-6-4-8-19(25-16)22(28)27-13-5-7-18(15-27)17-10-12-24-21(14-17)26-20-9-2-3-11-23-20/h2-4,6,8-12,14,18H,5,7,13,15H2,1H3,(H,23,24,26)/t18-/m1/s1. The van der Waals surface area contributed by atoms with Crippen LogP contribution in [0.2, 0.25) is 0 Å². The van der Waals surface area contributed by atoms with Crippen LogP contribution < -0.4 is 5.32 Å². The van der Waals surface area contributed by atoms with Gasteiger partial charge in [0.15, 0.2) is 0 Å². The molecule has 1 atom stereocenters. The van der Waals surface area contributed by atoms with Gasteiger partial charge in [-0.15, -0.1) is 0 Å². The molecule has 0 unspecified atom stereocenters. The first kappa shape index (κ1) is 18.1. The molecule has 28 heavy (non-hydrogen) atoms. The zero-order valence-electron chi connectivity index (χ0n) is 15.9. The van der Waals surface area contributed by atoms with E-state index in [1.54, 1.807) is 12.3 Å². The van der Waals surface area contributed by atoms with Crippen molar-refractivity contribution in [3.63, 3.8) is 0 Å². The number of aryl methyl sites for hydroxylation is 1. The van der Waals surface area contributed by atoms with Crippen LogP contribution in [-0.4, -0.2) is 38.8 Å². The van der Waals surface area contributed by atoms with Gasteiger partial charge in [-0.2, -0.15) is 0 Å². The maximum atomic E-state index is 12.9. The Morgan fingerprint density at radius 2 is 1.96 bits per heavy atom. The average Bonchev–Trinajstić information content (AvgIpc) is 2.74. The van der Waals surface area contributed by atoms with Crippen LogP contribution >= 0.6 is 0 Å². The highest BCUT2D eigenvalue weighted by Gasteiger charge is 2.26. The Hall–Kier alpha value is -3.28. The van der Waals surface area contributed by atoms with E-state index < -0.39 is 0 Å². The number of hydrogen-bond donors (Lipinski definition) is 1. The zero-order valence-corrected chi connectivity index (χ0v) is 15.9. The summed E-state index contributed by atoms with van der Waals surface area (Å²) in [5.74, 6) is 1.82. The molecule has 4 rings (SSSR count). The number of anilines is 2. The molecule has 6 nitrogen and oxygen atoms in total. The molecule has 142 valence electrons. The van der Waals surface area contributed by atoms with Crippen molar-refractivity contribution in [3.8, 4) is 0 Å². The number of piperidine rings is 1. The first-order chi connectivity index (χ1) is 13.7. The van der Waals surface area contributed by atoms with Crippen molar-refractivity contribution in [2.45, 2.75) is 25.7 Å². The van der Waals surface area contributed by atoms with Crippen molar-refractivity contribution in [1.29, 1.82) is 0 Å². The molecular formula is C22H23N5O. The highest BCUT2D eigenvalue weighted by Crippen LogP contribution is 2.29. The number of amides is 1. The number of nitrogens with one attached hydrogen (secondary N) is 1. The third-order valence-corrected chi connectivity index (χ3v) is 4.99. The fourth-order valence-electron chi connectivity index (χ4n) is 3.59. The fraction of sp³-hybridized carbons (Fsp3) is 0.273. The molecule has 0 aromatic carbocycles. The quantitative estimate of drug-likeness (QED) is 0.750. The molecule has 6 heteroatoms. The number of carbonyl (C=O) groups is 1. The minimum Gasteiger partial charge on any atom is -0.337 e. The van der Waals surface area contributed by atoms with E-state index in [4.69, 9.17) is 0 Å². The summed E-state index contributed by atoms with van der Waals surface area (Å²) >= 11 is 0. The maximum Gasteiger partial charge on any atom is 0.272 e. The molecule has 1 aliphatic rings. The van der Waals surface area contributed by atoms with Crippen LogP contribution in [0.5, 0.6) is 0 Å². The first-order valence-electron chi connectivity index (χ1n) is 9.56. The van der Waals surface area contributed by atoms with Crippen molar-refractivity contribution in [1.82, 2.24) is 19.9 Å². The number of nitrogens with zero attached hydrogens (tertiary/aromatic N) is 4. The van der Waals surface area contributed by atoms with Gasteiger partial charge in [-0.25, -0.2) is 15.0 Å². The molecule has 0 spiro atoms. The summed E-state index contributed by atoms with van der Waals surface area (Å²) in [5, 5.41) is 3.24. The molecular weight excluding hydrogens is 350 g/mol. The second-order valence-electron chi connectivity index (χ2n) is 7.07. The van der Waals surface area contributed by atoms with Gasteiger partial charge in [-0.05, 0) is 61.7 Å². The molecule has 4 heterocycles. The van der Waals surface area contributed by atoms with Crippen LogP contribution in [0.15, 0.2) is 60.9 Å². The molecule has 1 fully saturated rings. The van der Waals surface area contributed by atoms with E-state index in [1.165, 1.54) is 5.56 Å². The normalized spacial score (nSPS) is 16.6. The van der Waals surface area contributed by atoms with E-state index in [2.05, 4.69) is 26.3 Å². The SMILES string of the molecule is Cc1cccc(C(=O)N2CCC[C@@H](c3ccnc(Nc4ccccn4)c3)C2)n1. The van der Waals surface area contributed by atoms with E-state index >= 15 is 0 Å². The van der Waals surface area contributed by atoms with E-state index in [1.807, 2.05) is 54.4 Å². The Kier molecular flexibility index (Phi) is 5.28. The third kappa shape index (κ3) is 4.17. The summed E-state index contributed by atoms with van der Waals surface area (Å²) in [7, 11) is 0. The van der Waals surface area contributed by atoms with Crippen LogP contribution in [0.4, 0.5) is 11.6 Å². The molecule has 0 radical (unpaired) electrons. The number of hydrogen-bond acceptors (Lipinski definition) is 5. The van der Waals surface area contributed by atoms with Gasteiger partial charge in [0, 0.05) is 37.1 Å². The second-order valence-corrected chi connectivity index (χ2v) is 7.07. The minimum atomic E-state index is 0.00860. The molecule has 3 aromatic heterocycles. The van der Waals surface area contributed by atoms with Crippen LogP contribution in [0.25, 0.3) is 0 Å². The Balaban J connectivity index is 1.48. The monoisotopic (exact) mass is 373 g/mol. The molecule has 1 N–H and O–H groups in total. The summed E-state index contributed by atoms with van der Waals surface area (Å²) in [6, 6.07) is 15.4. The summed E-state index contributed by atoms with van der Waals surface area (Å²) in [5.41, 5.74) is 2.56. The van der Waals surface area contributed by atoms with Crippen LogP contribution in [-0.2, 0) is 0 Å². The molecule has 0 aliphatic carbocycles. The number of aromatic nitrogens is 3. The van der Waals surface area contributed by atoms with E-state index in [0.29, 0.717) is 12.2 Å². The van der Waals surface area contributed by atoms with E-state index in [9.17, 15) is 4.79 Å². The van der Waals surface area contributed by atoms with Crippen molar-refractivity contribution in [2.75, 3.05) is 18.4 Å². The van der Waals surface area contributed by atoms with E-state index in [0.717, 1.165) is 36.7 Å². The molecule has 1 amide bonds. The van der Waals surface area contributed by atoms with Crippen molar-refractivity contribution >= 4 is 17.5 Å². The van der Waals surface area contributed by atoms with Gasteiger partial charge < -0.3 is 10.2 Å². The molecule has 0 saturated carbocycles. The lowest BCUT2D eigenvalue weighted by Crippen LogP contribution is -2.39. The predicted octanol–water partition coefficient (Wildman–Crippen LogP) is 3.94. The smallest absolute Gasteiger partial charge is 0.272 e. The van der Waals surface area contributed by atoms with Gasteiger partial charge in [-0.3, -0.25) is 4.79 Å². The Morgan fingerprint density at radius 3 is 2.79 bits per heavy atom. The second kappa shape index (κ2) is 8.17. The Morgan fingerprint density at radius 1 is 1.07 bits per heavy atom. The molecule has 3 aromatic rings. The summed E-state index contributed by atoms with van der Waals surface area (Å²) in [4.78, 5) is 27.9. The lowest BCUT2D eigenvalue weighted by molar-refractivity contribution is 0.0701. The van der Waals surface area contributed by atoms with Crippen LogP contribution in [0.1, 0.15) is 40.5 Å². The zero-order chi connectivity index (χ0) is 19.3. The van der Waals surface area contributed by atoms with Crippen molar-refractivity contribution in [3.05, 3.63) is 77.9 Å². The van der Waals surface area contributed by atoms with Gasteiger partial charge in [0.25, 0.3) is 5.91 Å². The molecule has 1 saturated heterocycles. The predicted molar refractivity (Wildman–Crippen MR) is 109 cm³/mol.